The molecule has 1 aliphatic carbocycles. The van der Waals surface area contributed by atoms with Gasteiger partial charge in [0, 0.05) is 5.92 Å². The van der Waals surface area contributed by atoms with E-state index in [0.29, 0.717) is 0 Å². The third-order valence-electron chi connectivity index (χ3n) is 3.95. The molecular formula is C17H31NO3. The molecule has 4 heteroatoms. The quantitative estimate of drug-likeness (QED) is 0.819. The summed E-state index contributed by atoms with van der Waals surface area (Å²) >= 11 is 0. The molecule has 1 N–H and O–H groups in total. The number of ether oxygens (including phenoxy) is 1. The molecule has 1 rings (SSSR count). The fourth-order valence-corrected chi connectivity index (χ4v) is 2.75. The lowest BCUT2D eigenvalue weighted by Crippen LogP contribution is -2.49. The van der Waals surface area contributed by atoms with Crippen LogP contribution in [0.4, 0.5) is 0 Å². The average Bonchev–Trinajstić information content (AvgIpc) is 2.42. The van der Waals surface area contributed by atoms with Crippen molar-refractivity contribution in [3.63, 3.8) is 0 Å². The van der Waals surface area contributed by atoms with Crippen LogP contribution < -0.4 is 5.32 Å². The Bertz CT molecular complexity index is 352. The molecule has 0 bridgehead atoms. The third-order valence-corrected chi connectivity index (χ3v) is 3.95. The Kier molecular flexibility index (Phi) is 6.85. The number of nitrogens with one attached hydrogen (secondary N) is 1. The van der Waals surface area contributed by atoms with Crippen molar-refractivity contribution >= 4 is 11.7 Å². The summed E-state index contributed by atoms with van der Waals surface area (Å²) in [5, 5.41) is 2.93. The molecule has 0 saturated heterocycles. The van der Waals surface area contributed by atoms with E-state index in [0.717, 1.165) is 25.7 Å². The number of carbonyl (C=O) groups excluding carboxylic acids is 2. The number of ketones is 1. The van der Waals surface area contributed by atoms with Crippen molar-refractivity contribution in [3.8, 4) is 0 Å². The van der Waals surface area contributed by atoms with Crippen LogP contribution in [0.5, 0.6) is 0 Å². The normalized spacial score (nSPS) is 18.6. The lowest BCUT2D eigenvalue weighted by Gasteiger charge is -2.31. The summed E-state index contributed by atoms with van der Waals surface area (Å²) in [5.74, 6) is 0.188. The first kappa shape index (κ1) is 18.1. The molecule has 122 valence electrons. The molecule has 4 nitrogen and oxygen atoms in total. The van der Waals surface area contributed by atoms with Gasteiger partial charge in [-0.3, -0.25) is 9.59 Å². The monoisotopic (exact) mass is 297 g/mol. The number of hydrogen-bond donors (Lipinski definition) is 1. The fourth-order valence-electron chi connectivity index (χ4n) is 2.75. The second-order valence-corrected chi connectivity index (χ2v) is 7.40. The molecule has 1 aliphatic rings. The molecule has 1 unspecified atom stereocenters. The molecule has 1 saturated carbocycles. The molecule has 0 aliphatic heterocycles. The molecule has 1 fully saturated rings. The van der Waals surface area contributed by atoms with E-state index in [1.54, 1.807) is 0 Å². The predicted octanol–water partition coefficient (Wildman–Crippen LogP) is 3.09. The van der Waals surface area contributed by atoms with E-state index < -0.39 is 0 Å². The van der Waals surface area contributed by atoms with Gasteiger partial charge in [-0.2, -0.15) is 0 Å². The van der Waals surface area contributed by atoms with Gasteiger partial charge < -0.3 is 10.1 Å². The number of rotatable bonds is 6. The van der Waals surface area contributed by atoms with Crippen LogP contribution in [0.1, 0.15) is 66.7 Å². The zero-order chi connectivity index (χ0) is 16.0. The highest BCUT2D eigenvalue weighted by molar-refractivity contribution is 5.90. The van der Waals surface area contributed by atoms with Crippen molar-refractivity contribution in [1.29, 1.82) is 0 Å². The van der Waals surface area contributed by atoms with Gasteiger partial charge in [0.15, 0.2) is 5.78 Å². The van der Waals surface area contributed by atoms with E-state index in [1.165, 1.54) is 6.42 Å². The van der Waals surface area contributed by atoms with Crippen LogP contribution in [-0.4, -0.2) is 29.9 Å². The Morgan fingerprint density at radius 1 is 1.14 bits per heavy atom. The molecule has 0 heterocycles. The van der Waals surface area contributed by atoms with Gasteiger partial charge in [0.05, 0.1) is 11.6 Å². The Labute approximate surface area is 129 Å². The number of amides is 1. The summed E-state index contributed by atoms with van der Waals surface area (Å²) < 4.78 is 5.50. The Morgan fingerprint density at radius 2 is 1.71 bits per heavy atom. The maximum absolute atomic E-state index is 12.4. The molecule has 0 radical (unpaired) electrons. The van der Waals surface area contributed by atoms with Crippen molar-refractivity contribution in [3.05, 3.63) is 0 Å². The second kappa shape index (κ2) is 7.92. The predicted molar refractivity (Wildman–Crippen MR) is 84.1 cm³/mol. The SMILES string of the molecule is CC(C)C(=O)C(NC(=O)COC(C)(C)C)C1CCCCC1. The highest BCUT2D eigenvalue weighted by Crippen LogP contribution is 2.28. The molecule has 21 heavy (non-hydrogen) atoms. The summed E-state index contributed by atoms with van der Waals surface area (Å²) in [6.45, 7) is 9.55. The van der Waals surface area contributed by atoms with Gasteiger partial charge in [-0.1, -0.05) is 33.1 Å². The topological polar surface area (TPSA) is 55.4 Å². The van der Waals surface area contributed by atoms with Gasteiger partial charge in [0.1, 0.15) is 6.61 Å². The van der Waals surface area contributed by atoms with Gasteiger partial charge in [-0.25, -0.2) is 0 Å². The first-order chi connectivity index (χ1) is 9.70. The van der Waals surface area contributed by atoms with Crippen LogP contribution in [0.15, 0.2) is 0 Å². The van der Waals surface area contributed by atoms with Crippen molar-refractivity contribution in [2.24, 2.45) is 11.8 Å². The maximum atomic E-state index is 12.4. The van der Waals surface area contributed by atoms with E-state index in [-0.39, 0.29) is 41.8 Å². The fraction of sp³-hybridized carbons (Fsp3) is 0.882. The van der Waals surface area contributed by atoms with Crippen LogP contribution in [0, 0.1) is 11.8 Å². The molecular weight excluding hydrogens is 266 g/mol. The molecule has 0 spiro atoms. The first-order valence-electron chi connectivity index (χ1n) is 8.18. The minimum absolute atomic E-state index is 0.0120. The summed E-state index contributed by atoms with van der Waals surface area (Å²) in [7, 11) is 0. The second-order valence-electron chi connectivity index (χ2n) is 7.40. The van der Waals surface area contributed by atoms with Crippen LogP contribution in [0.3, 0.4) is 0 Å². The minimum Gasteiger partial charge on any atom is -0.366 e. The highest BCUT2D eigenvalue weighted by atomic mass is 16.5. The van der Waals surface area contributed by atoms with Crippen molar-refractivity contribution in [2.75, 3.05) is 6.61 Å². The molecule has 0 aromatic heterocycles. The van der Waals surface area contributed by atoms with Gasteiger partial charge in [0.2, 0.25) is 5.91 Å². The lowest BCUT2D eigenvalue weighted by molar-refractivity contribution is -0.136. The van der Waals surface area contributed by atoms with E-state index in [9.17, 15) is 9.59 Å². The number of Topliss-reactive ketones (excluding diaryl/α,β-unsaturated/α-hetero) is 1. The van der Waals surface area contributed by atoms with Crippen LogP contribution >= 0.6 is 0 Å². The van der Waals surface area contributed by atoms with Crippen LogP contribution in [0.25, 0.3) is 0 Å². The van der Waals surface area contributed by atoms with Crippen molar-refractivity contribution < 1.29 is 14.3 Å². The molecule has 0 aromatic rings. The Balaban J connectivity index is 2.64. The lowest BCUT2D eigenvalue weighted by atomic mass is 9.80. The number of hydrogen-bond acceptors (Lipinski definition) is 3. The van der Waals surface area contributed by atoms with Gasteiger partial charge in [0.25, 0.3) is 0 Å². The standard InChI is InChI=1S/C17H31NO3/c1-12(2)16(20)15(13-9-7-6-8-10-13)18-14(19)11-21-17(3,4)5/h12-13,15H,6-11H2,1-5H3,(H,18,19). The summed E-state index contributed by atoms with van der Waals surface area (Å²) in [6, 6.07) is -0.346. The summed E-state index contributed by atoms with van der Waals surface area (Å²) in [4.78, 5) is 24.5. The Hall–Kier alpha value is -0.900. The summed E-state index contributed by atoms with van der Waals surface area (Å²) in [6.07, 6.45) is 5.61. The minimum atomic E-state index is -0.347. The van der Waals surface area contributed by atoms with Gasteiger partial charge >= 0.3 is 0 Å². The van der Waals surface area contributed by atoms with Gasteiger partial charge in [-0.15, -0.1) is 0 Å². The highest BCUT2D eigenvalue weighted by Gasteiger charge is 2.32. The van der Waals surface area contributed by atoms with E-state index in [4.69, 9.17) is 4.74 Å². The average molecular weight is 297 g/mol. The third kappa shape index (κ3) is 6.60. The largest absolute Gasteiger partial charge is 0.366 e. The van der Waals surface area contributed by atoms with Crippen molar-refractivity contribution in [2.45, 2.75) is 78.4 Å². The summed E-state index contributed by atoms with van der Waals surface area (Å²) in [5.41, 5.74) is -0.347. The Morgan fingerprint density at radius 3 is 2.19 bits per heavy atom. The van der Waals surface area contributed by atoms with Crippen molar-refractivity contribution in [1.82, 2.24) is 5.32 Å². The van der Waals surface area contributed by atoms with E-state index in [2.05, 4.69) is 5.32 Å². The zero-order valence-corrected chi connectivity index (χ0v) is 14.2. The maximum Gasteiger partial charge on any atom is 0.246 e. The molecule has 1 atom stereocenters. The molecule has 1 amide bonds. The smallest absolute Gasteiger partial charge is 0.246 e. The van der Waals surface area contributed by atoms with E-state index >= 15 is 0 Å². The zero-order valence-electron chi connectivity index (χ0n) is 14.2. The van der Waals surface area contributed by atoms with E-state index in [1.807, 2.05) is 34.6 Å². The molecule has 0 aromatic carbocycles. The van der Waals surface area contributed by atoms with Gasteiger partial charge in [-0.05, 0) is 39.5 Å². The first-order valence-corrected chi connectivity index (χ1v) is 8.18. The van der Waals surface area contributed by atoms with Crippen LogP contribution in [0.2, 0.25) is 0 Å². The number of carbonyl (C=O) groups is 2. The van der Waals surface area contributed by atoms with Crippen LogP contribution in [-0.2, 0) is 14.3 Å².